The molecular weight excluding hydrogens is 120 g/mol. The molecule has 0 heteroatoms. The Morgan fingerprint density at radius 3 is 1.80 bits per heavy atom. The van der Waals surface area contributed by atoms with Crippen LogP contribution >= 0.6 is 0 Å². The molecule has 0 nitrogen and oxygen atoms in total. The van der Waals surface area contributed by atoms with Crippen molar-refractivity contribution in [2.45, 2.75) is 13.8 Å². The first kappa shape index (κ1) is 7.33. The standard InChI is InChI=1S/C10H14/c1-9(2)10-7-5-3-4-6-8-10/h3-10H,1-2H3. The first-order valence-corrected chi connectivity index (χ1v) is 3.82. The van der Waals surface area contributed by atoms with Gasteiger partial charge in [-0.25, -0.2) is 0 Å². The fourth-order valence-electron chi connectivity index (χ4n) is 1.02. The van der Waals surface area contributed by atoms with Gasteiger partial charge < -0.3 is 0 Å². The molecule has 1 aliphatic rings. The van der Waals surface area contributed by atoms with E-state index in [1.165, 1.54) is 0 Å². The SMILES string of the molecule is CC(C)C1C=CC=CC=C1. The van der Waals surface area contributed by atoms with Gasteiger partial charge in [0, 0.05) is 0 Å². The van der Waals surface area contributed by atoms with Crippen LogP contribution in [0.5, 0.6) is 0 Å². The van der Waals surface area contributed by atoms with Gasteiger partial charge in [0.25, 0.3) is 0 Å². The van der Waals surface area contributed by atoms with E-state index in [9.17, 15) is 0 Å². The van der Waals surface area contributed by atoms with Crippen molar-refractivity contribution in [1.29, 1.82) is 0 Å². The van der Waals surface area contributed by atoms with Crippen molar-refractivity contribution in [2.75, 3.05) is 0 Å². The molecule has 0 N–H and O–H groups in total. The van der Waals surface area contributed by atoms with Crippen molar-refractivity contribution < 1.29 is 0 Å². The van der Waals surface area contributed by atoms with E-state index >= 15 is 0 Å². The van der Waals surface area contributed by atoms with Crippen LogP contribution in [0.3, 0.4) is 0 Å². The maximum Gasteiger partial charge on any atom is -0.00242 e. The fourth-order valence-corrected chi connectivity index (χ4v) is 1.02. The van der Waals surface area contributed by atoms with E-state index in [1.54, 1.807) is 0 Å². The highest BCUT2D eigenvalue weighted by atomic mass is 14.1. The molecule has 0 heterocycles. The molecular formula is C10H14. The maximum atomic E-state index is 2.24. The van der Waals surface area contributed by atoms with E-state index in [1.807, 2.05) is 0 Å². The Labute approximate surface area is 62.9 Å². The van der Waals surface area contributed by atoms with Crippen LogP contribution in [0.4, 0.5) is 0 Å². The number of hydrogen-bond donors (Lipinski definition) is 0. The lowest BCUT2D eigenvalue weighted by molar-refractivity contribution is 0.551. The van der Waals surface area contributed by atoms with Crippen LogP contribution in [0.1, 0.15) is 13.8 Å². The van der Waals surface area contributed by atoms with E-state index < -0.39 is 0 Å². The number of hydrogen-bond acceptors (Lipinski definition) is 0. The molecule has 0 saturated carbocycles. The third kappa shape index (κ3) is 1.87. The second-order valence-electron chi connectivity index (χ2n) is 2.98. The van der Waals surface area contributed by atoms with E-state index in [4.69, 9.17) is 0 Å². The minimum Gasteiger partial charge on any atom is -0.0774 e. The van der Waals surface area contributed by atoms with Gasteiger partial charge in [0.2, 0.25) is 0 Å². The minimum absolute atomic E-state index is 0.620. The van der Waals surface area contributed by atoms with Gasteiger partial charge in [-0.1, -0.05) is 50.3 Å². The van der Waals surface area contributed by atoms with E-state index in [0.29, 0.717) is 11.8 Å². The predicted octanol–water partition coefficient (Wildman–Crippen LogP) is 2.94. The molecule has 0 atom stereocenters. The van der Waals surface area contributed by atoms with Crippen LogP contribution in [0.15, 0.2) is 36.5 Å². The molecule has 0 bridgehead atoms. The molecule has 0 aromatic carbocycles. The first-order chi connectivity index (χ1) is 4.80. The summed E-state index contributed by atoms with van der Waals surface area (Å²) >= 11 is 0. The maximum absolute atomic E-state index is 2.24. The zero-order chi connectivity index (χ0) is 7.40. The highest BCUT2D eigenvalue weighted by Crippen LogP contribution is 2.15. The average molecular weight is 134 g/mol. The third-order valence-electron chi connectivity index (χ3n) is 1.77. The summed E-state index contributed by atoms with van der Waals surface area (Å²) in [5, 5.41) is 0. The molecule has 10 heavy (non-hydrogen) atoms. The monoisotopic (exact) mass is 134 g/mol. The minimum atomic E-state index is 0.620. The van der Waals surface area contributed by atoms with Crippen LogP contribution in [-0.2, 0) is 0 Å². The van der Waals surface area contributed by atoms with Gasteiger partial charge in [-0.3, -0.25) is 0 Å². The molecule has 0 aliphatic heterocycles. The number of allylic oxidation sites excluding steroid dienone is 6. The summed E-state index contributed by atoms with van der Waals surface area (Å²) in [6.45, 7) is 4.48. The zero-order valence-corrected chi connectivity index (χ0v) is 6.62. The van der Waals surface area contributed by atoms with Crippen molar-refractivity contribution in [3.8, 4) is 0 Å². The molecule has 0 saturated heterocycles. The predicted molar refractivity (Wildman–Crippen MR) is 45.7 cm³/mol. The van der Waals surface area contributed by atoms with E-state index in [-0.39, 0.29) is 0 Å². The topological polar surface area (TPSA) is 0 Å². The van der Waals surface area contributed by atoms with Gasteiger partial charge in [-0.05, 0) is 11.8 Å². The molecule has 0 fully saturated rings. The lowest BCUT2D eigenvalue weighted by atomic mass is 9.96. The summed E-state index contributed by atoms with van der Waals surface area (Å²) in [6, 6.07) is 0. The Morgan fingerprint density at radius 1 is 0.900 bits per heavy atom. The molecule has 0 unspecified atom stereocenters. The largest absolute Gasteiger partial charge is 0.0774 e. The summed E-state index contributed by atoms with van der Waals surface area (Å²) in [5.41, 5.74) is 0. The Hall–Kier alpha value is -0.780. The highest BCUT2D eigenvalue weighted by Gasteiger charge is 2.04. The molecule has 1 rings (SSSR count). The smallest absolute Gasteiger partial charge is 0.00242 e. The van der Waals surface area contributed by atoms with E-state index in [2.05, 4.69) is 50.3 Å². The van der Waals surface area contributed by atoms with Crippen LogP contribution in [0.2, 0.25) is 0 Å². The van der Waals surface area contributed by atoms with Crippen molar-refractivity contribution in [3.63, 3.8) is 0 Å². The molecule has 1 aliphatic carbocycles. The molecule has 54 valence electrons. The summed E-state index contributed by atoms with van der Waals surface area (Å²) in [5.74, 6) is 1.34. The van der Waals surface area contributed by atoms with Gasteiger partial charge in [-0.15, -0.1) is 0 Å². The Balaban J connectivity index is 2.63. The quantitative estimate of drug-likeness (QED) is 0.517. The Morgan fingerprint density at radius 2 is 1.40 bits per heavy atom. The van der Waals surface area contributed by atoms with Crippen molar-refractivity contribution in [2.24, 2.45) is 11.8 Å². The summed E-state index contributed by atoms with van der Waals surface area (Å²) < 4.78 is 0. The average Bonchev–Trinajstić information content (AvgIpc) is 2.12. The molecule has 0 aromatic heterocycles. The van der Waals surface area contributed by atoms with Crippen LogP contribution in [0, 0.1) is 11.8 Å². The molecule has 0 aromatic rings. The molecule has 0 radical (unpaired) electrons. The van der Waals surface area contributed by atoms with Gasteiger partial charge in [0.15, 0.2) is 0 Å². The van der Waals surface area contributed by atoms with Gasteiger partial charge in [-0.2, -0.15) is 0 Å². The van der Waals surface area contributed by atoms with Gasteiger partial charge in [0.1, 0.15) is 0 Å². The Bertz CT molecular complexity index is 154. The molecule has 0 spiro atoms. The van der Waals surface area contributed by atoms with Gasteiger partial charge >= 0.3 is 0 Å². The summed E-state index contributed by atoms with van der Waals surface area (Å²) in [7, 11) is 0. The van der Waals surface area contributed by atoms with Crippen LogP contribution < -0.4 is 0 Å². The normalized spacial score (nSPS) is 18.3. The molecule has 0 amide bonds. The third-order valence-corrected chi connectivity index (χ3v) is 1.77. The second kappa shape index (κ2) is 3.40. The first-order valence-electron chi connectivity index (χ1n) is 3.82. The fraction of sp³-hybridized carbons (Fsp3) is 0.400. The second-order valence-corrected chi connectivity index (χ2v) is 2.98. The van der Waals surface area contributed by atoms with E-state index in [0.717, 1.165) is 0 Å². The lowest BCUT2D eigenvalue weighted by Crippen LogP contribution is -2.00. The van der Waals surface area contributed by atoms with Crippen molar-refractivity contribution >= 4 is 0 Å². The number of rotatable bonds is 1. The Kier molecular flexibility index (Phi) is 2.49. The van der Waals surface area contributed by atoms with Crippen molar-refractivity contribution in [1.82, 2.24) is 0 Å². The van der Waals surface area contributed by atoms with Gasteiger partial charge in [0.05, 0.1) is 0 Å². The highest BCUT2D eigenvalue weighted by molar-refractivity contribution is 5.19. The zero-order valence-electron chi connectivity index (χ0n) is 6.62. The lowest BCUT2D eigenvalue weighted by Gasteiger charge is -2.09. The van der Waals surface area contributed by atoms with Crippen LogP contribution in [-0.4, -0.2) is 0 Å². The summed E-state index contributed by atoms with van der Waals surface area (Å²) in [6.07, 6.45) is 12.8. The summed E-state index contributed by atoms with van der Waals surface area (Å²) in [4.78, 5) is 0. The van der Waals surface area contributed by atoms with Crippen LogP contribution in [0.25, 0.3) is 0 Å². The van der Waals surface area contributed by atoms with Crippen molar-refractivity contribution in [3.05, 3.63) is 36.5 Å².